The molecule has 0 bridgehead atoms. The van der Waals surface area contributed by atoms with E-state index in [-0.39, 0.29) is 0 Å². The molecule has 0 amide bonds. The maximum atomic E-state index is 5.43. The van der Waals surface area contributed by atoms with Crippen molar-refractivity contribution < 1.29 is 9.47 Å². The molecular formula is C14H22N2O2. The van der Waals surface area contributed by atoms with E-state index in [0.29, 0.717) is 12.1 Å². The molecule has 1 aromatic rings. The fourth-order valence-electron chi connectivity index (χ4n) is 2.10. The standard InChI is InChI=1S/C14H22N2O2/c1-11(12-4-3-5-14(8-12)17-2)16-9-13-10-18-7-6-15-13/h3-5,8,11,13,15-16H,6-7,9-10H2,1-2H3. The van der Waals surface area contributed by atoms with Gasteiger partial charge in [0, 0.05) is 25.2 Å². The van der Waals surface area contributed by atoms with Gasteiger partial charge in [-0.15, -0.1) is 0 Å². The van der Waals surface area contributed by atoms with Crippen molar-refractivity contribution >= 4 is 0 Å². The van der Waals surface area contributed by atoms with E-state index >= 15 is 0 Å². The first-order chi connectivity index (χ1) is 8.79. The summed E-state index contributed by atoms with van der Waals surface area (Å²) in [5, 5.41) is 6.96. The van der Waals surface area contributed by atoms with Gasteiger partial charge in [0.05, 0.1) is 20.3 Å². The highest BCUT2D eigenvalue weighted by molar-refractivity contribution is 5.30. The van der Waals surface area contributed by atoms with Crippen LogP contribution in [0.15, 0.2) is 24.3 Å². The van der Waals surface area contributed by atoms with Crippen LogP contribution in [0.4, 0.5) is 0 Å². The summed E-state index contributed by atoms with van der Waals surface area (Å²) in [6, 6.07) is 8.89. The highest BCUT2D eigenvalue weighted by atomic mass is 16.5. The lowest BCUT2D eigenvalue weighted by molar-refractivity contribution is 0.0760. The van der Waals surface area contributed by atoms with Gasteiger partial charge in [-0.2, -0.15) is 0 Å². The minimum atomic E-state index is 0.309. The smallest absolute Gasteiger partial charge is 0.119 e. The molecule has 1 aliphatic heterocycles. The quantitative estimate of drug-likeness (QED) is 0.827. The zero-order chi connectivity index (χ0) is 12.8. The summed E-state index contributed by atoms with van der Waals surface area (Å²) in [5.41, 5.74) is 1.24. The van der Waals surface area contributed by atoms with Crippen molar-refractivity contribution in [2.75, 3.05) is 33.4 Å². The van der Waals surface area contributed by atoms with E-state index in [1.807, 2.05) is 12.1 Å². The third-order valence-electron chi connectivity index (χ3n) is 3.26. The van der Waals surface area contributed by atoms with Crippen LogP contribution in [0.25, 0.3) is 0 Å². The minimum absolute atomic E-state index is 0.309. The average molecular weight is 250 g/mol. The number of methoxy groups -OCH3 is 1. The number of rotatable bonds is 5. The van der Waals surface area contributed by atoms with E-state index in [0.717, 1.165) is 32.1 Å². The Morgan fingerprint density at radius 3 is 3.17 bits per heavy atom. The monoisotopic (exact) mass is 250 g/mol. The molecule has 1 heterocycles. The third kappa shape index (κ3) is 3.70. The summed E-state index contributed by atoms with van der Waals surface area (Å²) in [6.45, 7) is 5.64. The first-order valence-corrected chi connectivity index (χ1v) is 6.48. The van der Waals surface area contributed by atoms with Gasteiger partial charge in [-0.1, -0.05) is 12.1 Å². The fraction of sp³-hybridized carbons (Fsp3) is 0.571. The molecule has 2 atom stereocenters. The summed E-state index contributed by atoms with van der Waals surface area (Å²) < 4.78 is 10.7. The fourth-order valence-corrected chi connectivity index (χ4v) is 2.10. The van der Waals surface area contributed by atoms with Crippen LogP contribution < -0.4 is 15.4 Å². The molecule has 1 saturated heterocycles. The Morgan fingerprint density at radius 2 is 2.44 bits per heavy atom. The third-order valence-corrected chi connectivity index (χ3v) is 3.26. The Morgan fingerprint density at radius 1 is 1.56 bits per heavy atom. The van der Waals surface area contributed by atoms with E-state index in [4.69, 9.17) is 9.47 Å². The zero-order valence-electron chi connectivity index (χ0n) is 11.1. The van der Waals surface area contributed by atoms with Crippen molar-refractivity contribution in [3.8, 4) is 5.75 Å². The number of nitrogens with one attached hydrogen (secondary N) is 2. The summed E-state index contributed by atoms with van der Waals surface area (Å²) in [6.07, 6.45) is 0. The molecule has 1 aliphatic rings. The van der Waals surface area contributed by atoms with Gasteiger partial charge in [0.25, 0.3) is 0 Å². The van der Waals surface area contributed by atoms with Crippen molar-refractivity contribution in [3.05, 3.63) is 29.8 Å². The second-order valence-corrected chi connectivity index (χ2v) is 4.63. The molecule has 0 radical (unpaired) electrons. The van der Waals surface area contributed by atoms with Gasteiger partial charge < -0.3 is 20.1 Å². The Balaban J connectivity index is 1.84. The van der Waals surface area contributed by atoms with E-state index in [9.17, 15) is 0 Å². The molecule has 2 N–H and O–H groups in total. The van der Waals surface area contributed by atoms with E-state index in [2.05, 4.69) is 29.7 Å². The molecule has 2 rings (SSSR count). The normalized spacial score (nSPS) is 21.6. The van der Waals surface area contributed by atoms with Crippen LogP contribution >= 0.6 is 0 Å². The number of morpholine rings is 1. The zero-order valence-corrected chi connectivity index (χ0v) is 11.1. The maximum absolute atomic E-state index is 5.43. The molecule has 0 aromatic heterocycles. The molecule has 2 unspecified atom stereocenters. The lowest BCUT2D eigenvalue weighted by Crippen LogP contribution is -2.47. The summed E-state index contributed by atoms with van der Waals surface area (Å²) >= 11 is 0. The van der Waals surface area contributed by atoms with Crippen LogP contribution in [-0.2, 0) is 4.74 Å². The van der Waals surface area contributed by atoms with Crippen molar-refractivity contribution in [1.29, 1.82) is 0 Å². The summed E-state index contributed by atoms with van der Waals surface area (Å²) in [5.74, 6) is 0.903. The molecule has 18 heavy (non-hydrogen) atoms. The molecule has 1 aromatic carbocycles. The van der Waals surface area contributed by atoms with E-state index in [1.165, 1.54) is 5.56 Å². The largest absolute Gasteiger partial charge is 0.497 e. The van der Waals surface area contributed by atoms with Gasteiger partial charge in [0.1, 0.15) is 5.75 Å². The van der Waals surface area contributed by atoms with Crippen molar-refractivity contribution in [1.82, 2.24) is 10.6 Å². The van der Waals surface area contributed by atoms with Crippen LogP contribution in [0.1, 0.15) is 18.5 Å². The van der Waals surface area contributed by atoms with Crippen LogP contribution in [0, 0.1) is 0 Å². The Kier molecular flexibility index (Phi) is 4.99. The number of hydrogen-bond acceptors (Lipinski definition) is 4. The predicted molar refractivity (Wildman–Crippen MR) is 72.0 cm³/mol. The SMILES string of the molecule is COc1cccc(C(C)NCC2COCCN2)c1. The molecular weight excluding hydrogens is 228 g/mol. The number of benzene rings is 1. The summed E-state index contributed by atoms with van der Waals surface area (Å²) in [4.78, 5) is 0. The molecule has 1 fully saturated rings. The van der Waals surface area contributed by atoms with Crippen LogP contribution in [0.2, 0.25) is 0 Å². The second-order valence-electron chi connectivity index (χ2n) is 4.63. The molecule has 0 aliphatic carbocycles. The van der Waals surface area contributed by atoms with Gasteiger partial charge in [-0.3, -0.25) is 0 Å². The summed E-state index contributed by atoms with van der Waals surface area (Å²) in [7, 11) is 1.69. The highest BCUT2D eigenvalue weighted by Crippen LogP contribution is 2.18. The molecule has 4 nitrogen and oxygen atoms in total. The van der Waals surface area contributed by atoms with Crippen LogP contribution in [0.5, 0.6) is 5.75 Å². The number of ether oxygens (including phenoxy) is 2. The average Bonchev–Trinajstić information content (AvgIpc) is 2.46. The van der Waals surface area contributed by atoms with Crippen LogP contribution in [0.3, 0.4) is 0 Å². The topological polar surface area (TPSA) is 42.5 Å². The Bertz CT molecular complexity index is 365. The second kappa shape index (κ2) is 6.73. The van der Waals surface area contributed by atoms with Gasteiger partial charge in [-0.05, 0) is 24.6 Å². The minimum Gasteiger partial charge on any atom is -0.497 e. The maximum Gasteiger partial charge on any atom is 0.119 e. The Labute approximate surface area is 109 Å². The lowest BCUT2D eigenvalue weighted by atomic mass is 10.1. The lowest BCUT2D eigenvalue weighted by Gasteiger charge is -2.26. The molecule has 0 spiro atoms. The molecule has 0 saturated carbocycles. The Hall–Kier alpha value is -1.10. The van der Waals surface area contributed by atoms with Crippen LogP contribution in [-0.4, -0.2) is 39.5 Å². The van der Waals surface area contributed by atoms with Gasteiger partial charge in [0.2, 0.25) is 0 Å². The van der Waals surface area contributed by atoms with E-state index in [1.54, 1.807) is 7.11 Å². The van der Waals surface area contributed by atoms with E-state index < -0.39 is 0 Å². The first-order valence-electron chi connectivity index (χ1n) is 6.48. The van der Waals surface area contributed by atoms with Crippen molar-refractivity contribution in [2.45, 2.75) is 19.0 Å². The van der Waals surface area contributed by atoms with Gasteiger partial charge >= 0.3 is 0 Å². The first kappa shape index (κ1) is 13.3. The highest BCUT2D eigenvalue weighted by Gasteiger charge is 2.14. The van der Waals surface area contributed by atoms with Gasteiger partial charge in [0.15, 0.2) is 0 Å². The predicted octanol–water partition coefficient (Wildman–Crippen LogP) is 1.33. The molecule has 4 heteroatoms. The number of hydrogen-bond donors (Lipinski definition) is 2. The van der Waals surface area contributed by atoms with Crippen molar-refractivity contribution in [3.63, 3.8) is 0 Å². The van der Waals surface area contributed by atoms with Gasteiger partial charge in [-0.25, -0.2) is 0 Å². The molecule has 100 valence electrons. The van der Waals surface area contributed by atoms with Crippen molar-refractivity contribution in [2.24, 2.45) is 0 Å².